The molecule has 0 aliphatic carbocycles. The monoisotopic (exact) mass is 765 g/mol. The van der Waals surface area contributed by atoms with Crippen LogP contribution in [0.2, 0.25) is 0 Å². The zero-order chi connectivity index (χ0) is 39.6. The van der Waals surface area contributed by atoms with Crippen molar-refractivity contribution in [1.29, 1.82) is 0 Å². The number of nitrogens with zero attached hydrogens (tertiary/aromatic N) is 5. The maximum atomic E-state index is 13.9. The molecule has 4 heterocycles. The minimum absolute atomic E-state index is 0.00321. The summed E-state index contributed by atoms with van der Waals surface area (Å²) in [5.74, 6) is 1.81. The molecule has 12 nitrogen and oxygen atoms in total. The van der Waals surface area contributed by atoms with Gasteiger partial charge in [0.05, 0.1) is 55.6 Å². The number of fused-ring (bicyclic) bond motifs is 4. The van der Waals surface area contributed by atoms with Gasteiger partial charge in [0, 0.05) is 37.5 Å². The van der Waals surface area contributed by atoms with Gasteiger partial charge in [0.25, 0.3) is 11.8 Å². The first-order valence-electron chi connectivity index (χ1n) is 18.8. The number of hydrogen-bond donors (Lipinski definition) is 0. The molecule has 0 unspecified atom stereocenters. The molecule has 57 heavy (non-hydrogen) atoms. The fourth-order valence-corrected chi connectivity index (χ4v) is 7.75. The van der Waals surface area contributed by atoms with Gasteiger partial charge in [0.1, 0.15) is 24.7 Å². The number of pyridine rings is 1. The number of benzene rings is 4. The molecule has 0 N–H and O–H groups in total. The molecule has 0 bridgehead atoms. The zero-order valence-electron chi connectivity index (χ0n) is 32.4. The lowest BCUT2D eigenvalue weighted by molar-refractivity contribution is 0.0657. The predicted octanol–water partition coefficient (Wildman–Crippen LogP) is 7.47. The molecular formula is C45H43N5O7. The summed E-state index contributed by atoms with van der Waals surface area (Å²) in [6.07, 6.45) is 3.31. The Balaban J connectivity index is 0.987. The van der Waals surface area contributed by atoms with Gasteiger partial charge >= 0.3 is 0 Å². The largest absolute Gasteiger partial charge is 0.495 e. The van der Waals surface area contributed by atoms with Crippen LogP contribution in [0.1, 0.15) is 61.3 Å². The molecular weight excluding hydrogens is 723 g/mol. The topological polar surface area (TPSA) is 124 Å². The van der Waals surface area contributed by atoms with Crippen LogP contribution in [0.5, 0.6) is 28.7 Å². The summed E-state index contributed by atoms with van der Waals surface area (Å²) in [5.41, 5.74) is 7.56. The minimum atomic E-state index is -0.157. The number of rotatable bonds is 11. The lowest BCUT2D eigenvalue weighted by Crippen LogP contribution is -2.44. The van der Waals surface area contributed by atoms with Gasteiger partial charge in [0.2, 0.25) is 0 Å². The number of methoxy groups -OCH3 is 3. The van der Waals surface area contributed by atoms with Gasteiger partial charge in [-0.1, -0.05) is 48.5 Å². The Morgan fingerprint density at radius 1 is 0.772 bits per heavy atom. The van der Waals surface area contributed by atoms with Crippen LogP contribution in [0, 0.1) is 0 Å². The van der Waals surface area contributed by atoms with E-state index in [0.717, 1.165) is 17.5 Å². The van der Waals surface area contributed by atoms with Crippen LogP contribution in [0.25, 0.3) is 0 Å². The summed E-state index contributed by atoms with van der Waals surface area (Å²) in [5, 5.41) is 0. The van der Waals surface area contributed by atoms with Crippen LogP contribution in [0.15, 0.2) is 94.9 Å². The molecule has 1 aromatic heterocycles. The van der Waals surface area contributed by atoms with Crippen LogP contribution in [-0.2, 0) is 39.1 Å². The Morgan fingerprint density at radius 2 is 1.42 bits per heavy atom. The molecule has 2 atom stereocenters. The third kappa shape index (κ3) is 7.26. The smallest absolute Gasteiger partial charge is 0.257 e. The van der Waals surface area contributed by atoms with E-state index in [0.29, 0.717) is 82.1 Å². The average Bonchev–Trinajstić information content (AvgIpc) is 3.37. The lowest BCUT2D eigenvalue weighted by Gasteiger charge is -2.35. The van der Waals surface area contributed by atoms with Crippen molar-refractivity contribution in [3.63, 3.8) is 0 Å². The third-order valence-electron chi connectivity index (χ3n) is 10.8. The molecule has 4 aromatic carbocycles. The van der Waals surface area contributed by atoms with Gasteiger partial charge in [-0.2, -0.15) is 0 Å². The molecule has 5 aromatic rings. The highest BCUT2D eigenvalue weighted by molar-refractivity contribution is 6.03. The highest BCUT2D eigenvalue weighted by atomic mass is 16.5. The Labute approximate surface area is 331 Å². The first-order valence-corrected chi connectivity index (χ1v) is 18.8. The van der Waals surface area contributed by atoms with E-state index in [1.807, 2.05) is 40.3 Å². The highest BCUT2D eigenvalue weighted by Crippen LogP contribution is 2.40. The number of aliphatic imine (C=N–C) groups is 2. The van der Waals surface area contributed by atoms with Crippen molar-refractivity contribution in [1.82, 2.24) is 14.8 Å². The minimum Gasteiger partial charge on any atom is -0.495 e. The second-order valence-corrected chi connectivity index (χ2v) is 14.2. The fourth-order valence-electron chi connectivity index (χ4n) is 7.75. The van der Waals surface area contributed by atoms with E-state index in [1.54, 1.807) is 43.5 Å². The second kappa shape index (κ2) is 15.8. The molecule has 0 saturated heterocycles. The molecule has 3 aliphatic rings. The van der Waals surface area contributed by atoms with Gasteiger partial charge in [-0.05, 0) is 73.0 Å². The van der Waals surface area contributed by atoms with Crippen molar-refractivity contribution < 1.29 is 33.3 Å². The maximum absolute atomic E-state index is 13.9. The third-order valence-corrected chi connectivity index (χ3v) is 10.8. The van der Waals surface area contributed by atoms with Gasteiger partial charge in [-0.15, -0.1) is 0 Å². The predicted molar refractivity (Wildman–Crippen MR) is 216 cm³/mol. The lowest BCUT2D eigenvalue weighted by atomic mass is 9.94. The van der Waals surface area contributed by atoms with E-state index in [-0.39, 0.29) is 37.1 Å². The Hall–Kier alpha value is -6.69. The zero-order valence-corrected chi connectivity index (χ0v) is 32.4. The standard InChI is InChI=1S/C45H43N5O7/c1-27-16-28-10-6-8-12-30(28)23-49(27)44(51)34-18-40(54-4)42(20-36(34)46-2)56-25-32-14-15-39(53-3)38(48-32)26-57-43-21-37-35(19-41(43)55-5)45(52)50-24-31-13-9-7-11-29(31)17-33(50)22-47-37/h6-15,18-22,27,33H,2,16-17,23-26H2,1,3-5H3/t27-,33+/m1/s1. The van der Waals surface area contributed by atoms with Crippen LogP contribution < -0.4 is 23.7 Å². The van der Waals surface area contributed by atoms with E-state index < -0.39 is 0 Å². The highest BCUT2D eigenvalue weighted by Gasteiger charge is 2.34. The van der Waals surface area contributed by atoms with Crippen molar-refractivity contribution in [3.05, 3.63) is 130 Å². The summed E-state index contributed by atoms with van der Waals surface area (Å²) in [6.45, 7) is 6.90. The van der Waals surface area contributed by atoms with Crippen molar-refractivity contribution in [2.24, 2.45) is 9.98 Å². The fraction of sp³-hybridized carbons (Fsp3) is 0.267. The number of carbonyl (C=O) groups excluding carboxylic acids is 2. The van der Waals surface area contributed by atoms with Gasteiger partial charge in [-0.3, -0.25) is 19.6 Å². The van der Waals surface area contributed by atoms with Crippen LogP contribution in [-0.4, -0.2) is 72.9 Å². The Bertz CT molecular complexity index is 2410. The number of aromatic nitrogens is 1. The maximum Gasteiger partial charge on any atom is 0.257 e. The number of amides is 2. The number of ether oxygens (including phenoxy) is 5. The van der Waals surface area contributed by atoms with E-state index >= 15 is 0 Å². The average molecular weight is 766 g/mol. The Morgan fingerprint density at radius 3 is 2.14 bits per heavy atom. The van der Waals surface area contributed by atoms with Crippen molar-refractivity contribution in [2.45, 2.75) is 58.2 Å². The molecule has 2 amide bonds. The SMILES string of the molecule is C=Nc1cc(OCc2ccc(OC)c(COc3cc4c(cc3OC)C(=O)N3Cc5ccccc5C[C@H]3C=N4)n2)c(OC)cc1C(=O)N1Cc2ccccc2C[C@H]1C. The van der Waals surface area contributed by atoms with Crippen molar-refractivity contribution in [2.75, 3.05) is 21.3 Å². The first-order chi connectivity index (χ1) is 27.8. The summed E-state index contributed by atoms with van der Waals surface area (Å²) in [4.78, 5) is 45.2. The van der Waals surface area contributed by atoms with Crippen LogP contribution in [0.4, 0.5) is 11.4 Å². The summed E-state index contributed by atoms with van der Waals surface area (Å²) in [7, 11) is 4.63. The quantitative estimate of drug-likeness (QED) is 0.127. The molecule has 0 radical (unpaired) electrons. The summed E-state index contributed by atoms with van der Waals surface area (Å²) >= 11 is 0. The molecule has 0 fully saturated rings. The molecule has 8 rings (SSSR count). The molecule has 3 aliphatic heterocycles. The normalized spacial score (nSPS) is 16.7. The van der Waals surface area contributed by atoms with E-state index in [2.05, 4.69) is 42.9 Å². The molecule has 290 valence electrons. The number of carbonyl (C=O) groups is 2. The molecule has 0 spiro atoms. The van der Waals surface area contributed by atoms with Gasteiger partial charge < -0.3 is 33.5 Å². The van der Waals surface area contributed by atoms with E-state index in [9.17, 15) is 9.59 Å². The number of hydrogen-bond acceptors (Lipinski definition) is 10. The van der Waals surface area contributed by atoms with Crippen LogP contribution in [0.3, 0.4) is 0 Å². The molecule has 12 heteroatoms. The summed E-state index contributed by atoms with van der Waals surface area (Å²) < 4.78 is 29.5. The Kier molecular flexibility index (Phi) is 10.3. The van der Waals surface area contributed by atoms with Gasteiger partial charge in [-0.25, -0.2) is 4.98 Å². The first kappa shape index (κ1) is 37.2. The van der Waals surface area contributed by atoms with Crippen LogP contribution >= 0.6 is 0 Å². The van der Waals surface area contributed by atoms with Crippen molar-refractivity contribution in [3.8, 4) is 28.7 Å². The van der Waals surface area contributed by atoms with Crippen molar-refractivity contribution >= 4 is 36.1 Å². The van der Waals surface area contributed by atoms with Gasteiger partial charge in [0.15, 0.2) is 23.0 Å². The molecule has 0 saturated carbocycles. The summed E-state index contributed by atoms with van der Waals surface area (Å²) in [6, 6.07) is 26.5. The second-order valence-electron chi connectivity index (χ2n) is 14.2. The van der Waals surface area contributed by atoms with E-state index in [1.165, 1.54) is 25.3 Å². The van der Waals surface area contributed by atoms with E-state index in [4.69, 9.17) is 33.7 Å².